The maximum absolute atomic E-state index is 6.37. The van der Waals surface area contributed by atoms with Gasteiger partial charge < -0.3 is 19.7 Å². The second-order valence-electron chi connectivity index (χ2n) is 7.61. The molecule has 0 unspecified atom stereocenters. The van der Waals surface area contributed by atoms with Crippen molar-refractivity contribution in [3.63, 3.8) is 0 Å². The summed E-state index contributed by atoms with van der Waals surface area (Å²) in [4.78, 5) is 13.7. The highest BCUT2D eigenvalue weighted by Crippen LogP contribution is 2.26. The SMILES string of the molecule is CN=C(NCCc1nccn1Cc1ccccc1)N1CCN(c2ccccc2Cl)CC1. The number of imidazole rings is 1. The lowest BCUT2D eigenvalue weighted by Gasteiger charge is -2.38. The lowest BCUT2D eigenvalue weighted by Crippen LogP contribution is -2.52. The van der Waals surface area contributed by atoms with E-state index in [9.17, 15) is 0 Å². The minimum absolute atomic E-state index is 0.795. The van der Waals surface area contributed by atoms with Gasteiger partial charge in [-0.2, -0.15) is 0 Å². The minimum Gasteiger partial charge on any atom is -0.367 e. The van der Waals surface area contributed by atoms with Gasteiger partial charge in [0.25, 0.3) is 0 Å². The van der Waals surface area contributed by atoms with Gasteiger partial charge in [-0.05, 0) is 17.7 Å². The van der Waals surface area contributed by atoms with Gasteiger partial charge in [-0.3, -0.25) is 4.99 Å². The number of halogens is 1. The van der Waals surface area contributed by atoms with E-state index in [-0.39, 0.29) is 0 Å². The summed E-state index contributed by atoms with van der Waals surface area (Å²) in [6.45, 7) is 5.30. The number of rotatable bonds is 6. The lowest BCUT2D eigenvalue weighted by molar-refractivity contribution is 0.373. The maximum Gasteiger partial charge on any atom is 0.193 e. The van der Waals surface area contributed by atoms with Crippen LogP contribution >= 0.6 is 11.6 Å². The van der Waals surface area contributed by atoms with E-state index >= 15 is 0 Å². The molecule has 4 rings (SSSR count). The van der Waals surface area contributed by atoms with Gasteiger partial charge in [0.05, 0.1) is 10.7 Å². The zero-order chi connectivity index (χ0) is 21.5. The van der Waals surface area contributed by atoms with Crippen molar-refractivity contribution in [2.24, 2.45) is 4.99 Å². The zero-order valence-corrected chi connectivity index (χ0v) is 18.7. The molecule has 6 nitrogen and oxygen atoms in total. The Morgan fingerprint density at radius 2 is 1.77 bits per heavy atom. The normalized spacial score (nSPS) is 14.7. The Bertz CT molecular complexity index is 992. The van der Waals surface area contributed by atoms with Crippen LogP contribution in [0.15, 0.2) is 72.0 Å². The molecule has 7 heteroatoms. The highest BCUT2D eigenvalue weighted by Gasteiger charge is 2.21. The first kappa shape index (κ1) is 21.2. The standard InChI is InChI=1S/C24H29ClN6/c1-26-24(30-17-15-29(16-18-30)22-10-6-5-9-21(22)25)28-12-11-23-27-13-14-31(23)19-20-7-3-2-4-8-20/h2-10,13-14H,11-12,15-19H2,1H3,(H,26,28). The Morgan fingerprint density at radius 1 is 1.03 bits per heavy atom. The molecule has 1 fully saturated rings. The number of aromatic nitrogens is 2. The fourth-order valence-corrected chi connectivity index (χ4v) is 4.23. The highest BCUT2D eigenvalue weighted by molar-refractivity contribution is 6.33. The van der Waals surface area contributed by atoms with Crippen LogP contribution in [0, 0.1) is 0 Å². The van der Waals surface area contributed by atoms with Crippen molar-refractivity contribution in [1.82, 2.24) is 19.8 Å². The predicted molar refractivity (Wildman–Crippen MR) is 128 cm³/mol. The van der Waals surface area contributed by atoms with Gasteiger partial charge in [-0.1, -0.05) is 54.1 Å². The van der Waals surface area contributed by atoms with Crippen LogP contribution in [0.4, 0.5) is 5.69 Å². The Balaban J connectivity index is 1.27. The third kappa shape index (κ3) is 5.39. The van der Waals surface area contributed by atoms with E-state index < -0.39 is 0 Å². The van der Waals surface area contributed by atoms with Gasteiger partial charge >= 0.3 is 0 Å². The van der Waals surface area contributed by atoms with Crippen molar-refractivity contribution < 1.29 is 0 Å². The summed E-state index contributed by atoms with van der Waals surface area (Å²) in [5.74, 6) is 2.02. The summed E-state index contributed by atoms with van der Waals surface area (Å²) < 4.78 is 2.21. The molecule has 0 radical (unpaired) electrons. The van der Waals surface area contributed by atoms with Crippen LogP contribution in [0.2, 0.25) is 5.02 Å². The first-order valence-electron chi connectivity index (χ1n) is 10.7. The van der Waals surface area contributed by atoms with Crippen LogP contribution in [0.5, 0.6) is 0 Å². The van der Waals surface area contributed by atoms with Crippen molar-refractivity contribution in [2.45, 2.75) is 13.0 Å². The quantitative estimate of drug-likeness (QED) is 0.474. The van der Waals surface area contributed by atoms with Gasteiger partial charge in [0.1, 0.15) is 5.82 Å². The molecule has 1 N–H and O–H groups in total. The van der Waals surface area contributed by atoms with Crippen LogP contribution in [-0.2, 0) is 13.0 Å². The van der Waals surface area contributed by atoms with Crippen LogP contribution in [0.3, 0.4) is 0 Å². The molecule has 0 saturated carbocycles. The van der Waals surface area contributed by atoms with Gasteiger partial charge in [0.15, 0.2) is 5.96 Å². The predicted octanol–water partition coefficient (Wildman–Crippen LogP) is 3.52. The molecule has 2 heterocycles. The molecule has 0 bridgehead atoms. The molecule has 1 aromatic heterocycles. The monoisotopic (exact) mass is 436 g/mol. The third-order valence-corrected chi connectivity index (χ3v) is 5.93. The Hall–Kier alpha value is -2.99. The van der Waals surface area contributed by atoms with Gasteiger partial charge in [0.2, 0.25) is 0 Å². The Labute approximate surface area is 189 Å². The summed E-state index contributed by atoms with van der Waals surface area (Å²) in [5.41, 5.74) is 2.39. The fraction of sp³-hybridized carbons (Fsp3) is 0.333. The number of para-hydroxylation sites is 1. The van der Waals surface area contributed by atoms with E-state index in [1.807, 2.05) is 43.7 Å². The van der Waals surface area contributed by atoms with E-state index in [2.05, 4.69) is 60.0 Å². The average Bonchev–Trinajstić information content (AvgIpc) is 3.25. The molecule has 162 valence electrons. The number of benzene rings is 2. The van der Waals surface area contributed by atoms with Gasteiger partial charge in [0, 0.05) is 65.1 Å². The molecular weight excluding hydrogens is 408 g/mol. The Kier molecular flexibility index (Phi) is 7.10. The summed E-state index contributed by atoms with van der Waals surface area (Å²) >= 11 is 6.37. The van der Waals surface area contributed by atoms with Crippen molar-refractivity contribution in [2.75, 3.05) is 44.7 Å². The second-order valence-corrected chi connectivity index (χ2v) is 8.01. The number of nitrogens with zero attached hydrogens (tertiary/aromatic N) is 5. The van der Waals surface area contributed by atoms with Crippen LogP contribution in [0.1, 0.15) is 11.4 Å². The Morgan fingerprint density at radius 3 is 2.52 bits per heavy atom. The number of nitrogens with one attached hydrogen (secondary N) is 1. The molecule has 0 atom stereocenters. The first-order valence-corrected chi connectivity index (χ1v) is 11.1. The van der Waals surface area contributed by atoms with Crippen molar-refractivity contribution >= 4 is 23.2 Å². The number of aliphatic imine (C=N–C) groups is 1. The number of hydrogen-bond acceptors (Lipinski definition) is 3. The van der Waals surface area contributed by atoms with E-state index in [1.165, 1.54) is 5.56 Å². The largest absolute Gasteiger partial charge is 0.367 e. The molecule has 1 aliphatic rings. The van der Waals surface area contributed by atoms with Crippen LogP contribution < -0.4 is 10.2 Å². The molecule has 1 saturated heterocycles. The summed E-state index contributed by atoms with van der Waals surface area (Å²) in [7, 11) is 1.85. The van der Waals surface area contributed by atoms with E-state index in [0.717, 1.165) is 68.2 Å². The molecule has 0 spiro atoms. The summed E-state index contributed by atoms with van der Waals surface area (Å²) in [6.07, 6.45) is 4.77. The van der Waals surface area contributed by atoms with Gasteiger partial charge in [-0.15, -0.1) is 0 Å². The van der Waals surface area contributed by atoms with E-state index in [1.54, 1.807) is 0 Å². The van der Waals surface area contributed by atoms with Crippen molar-refractivity contribution in [3.05, 3.63) is 83.4 Å². The van der Waals surface area contributed by atoms with Crippen molar-refractivity contribution in [1.29, 1.82) is 0 Å². The molecule has 0 aliphatic carbocycles. The van der Waals surface area contributed by atoms with Crippen molar-refractivity contribution in [3.8, 4) is 0 Å². The van der Waals surface area contributed by atoms with Crippen LogP contribution in [0.25, 0.3) is 0 Å². The lowest BCUT2D eigenvalue weighted by atomic mass is 10.2. The first-order chi connectivity index (χ1) is 15.2. The molecule has 1 aliphatic heterocycles. The second kappa shape index (κ2) is 10.4. The van der Waals surface area contributed by atoms with E-state index in [4.69, 9.17) is 11.6 Å². The summed E-state index contributed by atoms with van der Waals surface area (Å²) in [5, 5.41) is 4.32. The third-order valence-electron chi connectivity index (χ3n) is 5.61. The smallest absolute Gasteiger partial charge is 0.193 e. The minimum atomic E-state index is 0.795. The molecule has 3 aromatic rings. The fourth-order valence-electron chi connectivity index (χ4n) is 3.98. The number of piperazine rings is 1. The topological polar surface area (TPSA) is 48.7 Å². The molecular formula is C24H29ClN6. The molecule has 2 aromatic carbocycles. The number of guanidine groups is 1. The highest BCUT2D eigenvalue weighted by atomic mass is 35.5. The average molecular weight is 437 g/mol. The number of hydrogen-bond donors (Lipinski definition) is 1. The zero-order valence-electron chi connectivity index (χ0n) is 17.9. The molecule has 31 heavy (non-hydrogen) atoms. The summed E-state index contributed by atoms with van der Waals surface area (Å²) in [6, 6.07) is 18.5. The van der Waals surface area contributed by atoms with E-state index in [0.29, 0.717) is 0 Å². The van der Waals surface area contributed by atoms with Gasteiger partial charge in [-0.25, -0.2) is 4.98 Å². The number of anilines is 1. The maximum atomic E-state index is 6.37. The molecule has 0 amide bonds. The van der Waals surface area contributed by atoms with Crippen LogP contribution in [-0.4, -0.2) is 60.2 Å².